The van der Waals surface area contributed by atoms with Crippen molar-refractivity contribution in [2.45, 2.75) is 6.92 Å². The molecule has 0 radical (unpaired) electrons. The molecule has 5 aromatic rings. The Balaban J connectivity index is 1.72. The van der Waals surface area contributed by atoms with E-state index in [-0.39, 0.29) is 5.75 Å². The molecule has 2 aromatic heterocycles. The van der Waals surface area contributed by atoms with Crippen LogP contribution in [-0.4, -0.2) is 23.0 Å². The summed E-state index contributed by atoms with van der Waals surface area (Å²) in [6.07, 6.45) is 0. The summed E-state index contributed by atoms with van der Waals surface area (Å²) in [7, 11) is 1.54. The summed E-state index contributed by atoms with van der Waals surface area (Å²) in [4.78, 5) is 20.8. The van der Waals surface area contributed by atoms with E-state index in [4.69, 9.17) is 18.3 Å². The normalized spacial score (nSPS) is 11.1. The van der Waals surface area contributed by atoms with Gasteiger partial charge in [0.2, 0.25) is 11.8 Å². The fourth-order valence-electron chi connectivity index (χ4n) is 3.28. The van der Waals surface area contributed by atoms with Crippen LogP contribution < -0.4 is 9.47 Å². The van der Waals surface area contributed by atoms with Gasteiger partial charge in [-0.05, 0) is 36.4 Å². The van der Waals surface area contributed by atoms with Gasteiger partial charge < -0.3 is 18.3 Å². The zero-order valence-electron chi connectivity index (χ0n) is 16.2. The number of carbonyl (C=O) groups is 1. The summed E-state index contributed by atoms with van der Waals surface area (Å²) in [5.41, 5.74) is 3.72. The van der Waals surface area contributed by atoms with Gasteiger partial charge in [0.15, 0.2) is 11.2 Å². The molecule has 0 spiro atoms. The van der Waals surface area contributed by atoms with Gasteiger partial charge in [-0.25, -0.2) is 9.97 Å². The Morgan fingerprint density at radius 3 is 1.80 bits per heavy atom. The number of carbonyl (C=O) groups excluding carboxylic acids is 1. The lowest BCUT2D eigenvalue weighted by Crippen LogP contribution is -2.04. The van der Waals surface area contributed by atoms with Crippen LogP contribution >= 0.6 is 0 Å². The molecule has 7 nitrogen and oxygen atoms in total. The molecule has 7 heteroatoms. The van der Waals surface area contributed by atoms with Crippen molar-refractivity contribution in [2.75, 3.05) is 7.11 Å². The summed E-state index contributed by atoms with van der Waals surface area (Å²) in [5, 5.41) is 0. The van der Waals surface area contributed by atoms with E-state index in [9.17, 15) is 4.79 Å². The molecule has 0 saturated heterocycles. The van der Waals surface area contributed by atoms with Crippen molar-refractivity contribution in [1.29, 1.82) is 0 Å². The van der Waals surface area contributed by atoms with Crippen LogP contribution in [0.1, 0.15) is 6.92 Å². The Kier molecular flexibility index (Phi) is 4.21. The third kappa shape index (κ3) is 3.06. The minimum Gasteiger partial charge on any atom is -0.496 e. The van der Waals surface area contributed by atoms with Crippen molar-refractivity contribution in [3.8, 4) is 34.4 Å². The molecule has 0 fully saturated rings. The number of benzene rings is 3. The van der Waals surface area contributed by atoms with E-state index in [0.29, 0.717) is 50.9 Å². The maximum atomic E-state index is 11.8. The SMILES string of the molecule is COc1cc(-c2nc3ccccc3o2)c(OC(C)=O)cc1-c1nc2ccccc2o1. The van der Waals surface area contributed by atoms with Crippen LogP contribution in [-0.2, 0) is 4.79 Å². The lowest BCUT2D eigenvalue weighted by atomic mass is 10.1. The highest BCUT2D eigenvalue weighted by Crippen LogP contribution is 2.41. The molecule has 0 saturated carbocycles. The lowest BCUT2D eigenvalue weighted by molar-refractivity contribution is -0.131. The van der Waals surface area contributed by atoms with E-state index in [1.165, 1.54) is 6.92 Å². The zero-order valence-corrected chi connectivity index (χ0v) is 16.2. The van der Waals surface area contributed by atoms with Crippen LogP contribution in [0.5, 0.6) is 11.5 Å². The van der Waals surface area contributed by atoms with E-state index >= 15 is 0 Å². The second kappa shape index (κ2) is 7.04. The Hall–Kier alpha value is -4.13. The number of methoxy groups -OCH3 is 1. The summed E-state index contributed by atoms with van der Waals surface area (Å²) >= 11 is 0. The molecule has 148 valence electrons. The molecule has 30 heavy (non-hydrogen) atoms. The Bertz CT molecular complexity index is 1330. The van der Waals surface area contributed by atoms with Gasteiger partial charge in [-0.3, -0.25) is 4.79 Å². The molecule has 0 atom stereocenters. The first-order chi connectivity index (χ1) is 14.6. The number of hydrogen-bond donors (Lipinski definition) is 0. The predicted octanol–water partition coefficient (Wildman–Crippen LogP) is 5.24. The van der Waals surface area contributed by atoms with Crippen molar-refractivity contribution in [3.05, 3.63) is 60.7 Å². The molecule has 2 heterocycles. The standard InChI is InChI=1S/C23H16N2O5/c1-13(26)28-21-12-14(22-24-16-7-3-5-9-18(16)29-22)20(27-2)11-15(21)23-25-17-8-4-6-10-19(17)30-23/h3-12H,1-2H3. The summed E-state index contributed by atoms with van der Waals surface area (Å²) in [5.74, 6) is 0.948. The van der Waals surface area contributed by atoms with Crippen molar-refractivity contribution in [3.63, 3.8) is 0 Å². The highest BCUT2D eigenvalue weighted by molar-refractivity contribution is 5.84. The average Bonchev–Trinajstić information content (AvgIpc) is 3.37. The minimum absolute atomic E-state index is 0.270. The average molecular weight is 400 g/mol. The monoisotopic (exact) mass is 400 g/mol. The topological polar surface area (TPSA) is 87.6 Å². The van der Waals surface area contributed by atoms with Gasteiger partial charge in [-0.15, -0.1) is 0 Å². The molecule has 3 aromatic carbocycles. The third-order valence-corrected chi connectivity index (χ3v) is 4.60. The van der Waals surface area contributed by atoms with E-state index in [1.807, 2.05) is 48.5 Å². The first kappa shape index (κ1) is 17.9. The van der Waals surface area contributed by atoms with Gasteiger partial charge in [0, 0.05) is 6.92 Å². The van der Waals surface area contributed by atoms with E-state index in [1.54, 1.807) is 19.2 Å². The van der Waals surface area contributed by atoms with Gasteiger partial charge in [0.25, 0.3) is 0 Å². The van der Waals surface area contributed by atoms with Crippen LogP contribution in [0.4, 0.5) is 0 Å². The fourth-order valence-corrected chi connectivity index (χ4v) is 3.28. The first-order valence-corrected chi connectivity index (χ1v) is 9.25. The minimum atomic E-state index is -0.471. The van der Waals surface area contributed by atoms with E-state index in [2.05, 4.69) is 9.97 Å². The van der Waals surface area contributed by atoms with Crippen molar-refractivity contribution >= 4 is 28.2 Å². The Morgan fingerprint density at radius 1 is 0.800 bits per heavy atom. The predicted molar refractivity (Wildman–Crippen MR) is 110 cm³/mol. The maximum Gasteiger partial charge on any atom is 0.308 e. The van der Waals surface area contributed by atoms with Crippen molar-refractivity contribution < 1.29 is 23.1 Å². The second-order valence-corrected chi connectivity index (χ2v) is 6.62. The van der Waals surface area contributed by atoms with Crippen LogP contribution in [0.2, 0.25) is 0 Å². The summed E-state index contributed by atoms with van der Waals surface area (Å²) < 4.78 is 22.8. The first-order valence-electron chi connectivity index (χ1n) is 9.25. The van der Waals surface area contributed by atoms with E-state index in [0.717, 1.165) is 0 Å². The fraction of sp³-hybridized carbons (Fsp3) is 0.0870. The second-order valence-electron chi connectivity index (χ2n) is 6.62. The van der Waals surface area contributed by atoms with Gasteiger partial charge in [0.05, 0.1) is 18.2 Å². The Morgan fingerprint density at radius 2 is 1.30 bits per heavy atom. The maximum absolute atomic E-state index is 11.8. The Labute approximate surface area is 170 Å². The number of nitrogens with zero attached hydrogens (tertiary/aromatic N) is 2. The molecule has 0 amide bonds. The van der Waals surface area contributed by atoms with Crippen molar-refractivity contribution in [1.82, 2.24) is 9.97 Å². The largest absolute Gasteiger partial charge is 0.496 e. The zero-order chi connectivity index (χ0) is 20.7. The molecule has 0 aliphatic rings. The van der Waals surface area contributed by atoms with Gasteiger partial charge in [0.1, 0.15) is 22.5 Å². The van der Waals surface area contributed by atoms with Crippen LogP contribution in [0.25, 0.3) is 45.1 Å². The molecule has 0 aliphatic heterocycles. The molecule has 0 unspecified atom stereocenters. The van der Waals surface area contributed by atoms with Gasteiger partial charge in [-0.1, -0.05) is 24.3 Å². The number of esters is 1. The quantitative estimate of drug-likeness (QED) is 0.301. The number of ether oxygens (including phenoxy) is 2. The number of hydrogen-bond acceptors (Lipinski definition) is 7. The molecule has 0 bridgehead atoms. The number of rotatable bonds is 4. The van der Waals surface area contributed by atoms with Crippen LogP contribution in [0.15, 0.2) is 69.5 Å². The highest BCUT2D eigenvalue weighted by Gasteiger charge is 2.22. The lowest BCUT2D eigenvalue weighted by Gasteiger charge is -2.12. The number of fused-ring (bicyclic) bond motifs is 2. The summed E-state index contributed by atoms with van der Waals surface area (Å²) in [6, 6.07) is 18.2. The molecular formula is C23H16N2O5. The van der Waals surface area contributed by atoms with Gasteiger partial charge in [-0.2, -0.15) is 0 Å². The molecular weight excluding hydrogens is 384 g/mol. The van der Waals surface area contributed by atoms with Crippen molar-refractivity contribution in [2.24, 2.45) is 0 Å². The van der Waals surface area contributed by atoms with E-state index < -0.39 is 5.97 Å². The van der Waals surface area contributed by atoms with Crippen LogP contribution in [0, 0.1) is 0 Å². The molecule has 0 N–H and O–H groups in total. The van der Waals surface area contributed by atoms with Crippen LogP contribution in [0.3, 0.4) is 0 Å². The molecule has 5 rings (SSSR count). The molecule has 0 aliphatic carbocycles. The third-order valence-electron chi connectivity index (χ3n) is 4.60. The number of para-hydroxylation sites is 4. The smallest absolute Gasteiger partial charge is 0.308 e. The number of aromatic nitrogens is 2. The highest BCUT2D eigenvalue weighted by atomic mass is 16.5. The number of oxazole rings is 2. The summed E-state index contributed by atoms with van der Waals surface area (Å²) in [6.45, 7) is 1.33. The van der Waals surface area contributed by atoms with Gasteiger partial charge >= 0.3 is 5.97 Å².